The molecule has 2 aromatic rings. The van der Waals surface area contributed by atoms with Crippen LogP contribution in [0.5, 0.6) is 0 Å². The average Bonchev–Trinajstić information content (AvgIpc) is 2.85. The quantitative estimate of drug-likeness (QED) is 0.478. The van der Waals surface area contributed by atoms with Gasteiger partial charge < -0.3 is 9.26 Å². The summed E-state index contributed by atoms with van der Waals surface area (Å²) in [6, 6.07) is 5.12. The van der Waals surface area contributed by atoms with Crippen LogP contribution in [0.15, 0.2) is 28.8 Å². The predicted octanol–water partition coefficient (Wildman–Crippen LogP) is 2.20. The number of carbonyl (C=O) groups excluding carboxylic acids is 1. The monoisotopic (exact) mass is 277 g/mol. The smallest absolute Gasteiger partial charge is 0.338 e. The Morgan fingerprint density at radius 2 is 2.05 bits per heavy atom. The highest BCUT2D eigenvalue weighted by Crippen LogP contribution is 2.18. The molecule has 8 nitrogen and oxygen atoms in total. The first kappa shape index (κ1) is 13.7. The lowest BCUT2D eigenvalue weighted by molar-refractivity contribution is -0.384. The van der Waals surface area contributed by atoms with Crippen molar-refractivity contribution in [3.8, 4) is 0 Å². The summed E-state index contributed by atoms with van der Waals surface area (Å²) in [5.41, 5.74) is 0.112. The summed E-state index contributed by atoms with van der Waals surface area (Å²) in [5.74, 6) is 0.0132. The van der Waals surface area contributed by atoms with Crippen LogP contribution in [-0.4, -0.2) is 21.0 Å². The lowest BCUT2D eigenvalue weighted by Crippen LogP contribution is -2.09. The van der Waals surface area contributed by atoms with Gasteiger partial charge in [0.15, 0.2) is 11.9 Å². The number of rotatable bonds is 4. The minimum Gasteiger partial charge on any atom is -0.449 e. The number of esters is 1. The minimum absolute atomic E-state index is 0.0953. The molecule has 0 amide bonds. The van der Waals surface area contributed by atoms with Crippen molar-refractivity contribution in [2.24, 2.45) is 0 Å². The molecule has 1 aromatic carbocycles. The van der Waals surface area contributed by atoms with Crippen molar-refractivity contribution >= 4 is 11.7 Å². The van der Waals surface area contributed by atoms with Crippen LogP contribution in [0.4, 0.5) is 5.69 Å². The molecule has 104 valence electrons. The van der Waals surface area contributed by atoms with E-state index >= 15 is 0 Å². The number of hydrogen-bond donors (Lipinski definition) is 0. The van der Waals surface area contributed by atoms with Crippen LogP contribution in [0, 0.1) is 17.0 Å². The summed E-state index contributed by atoms with van der Waals surface area (Å²) < 4.78 is 10.0. The SMILES string of the molecule is Cc1noc(C(C)OC(=O)c2ccc([N+](=O)[O-])cc2)n1. The maximum absolute atomic E-state index is 11.8. The van der Waals surface area contributed by atoms with Gasteiger partial charge in [-0.2, -0.15) is 4.98 Å². The highest BCUT2D eigenvalue weighted by Gasteiger charge is 2.19. The summed E-state index contributed by atoms with van der Waals surface area (Å²) in [4.78, 5) is 25.8. The van der Waals surface area contributed by atoms with E-state index in [1.807, 2.05) is 0 Å². The van der Waals surface area contributed by atoms with E-state index in [1.54, 1.807) is 13.8 Å². The molecule has 0 bridgehead atoms. The molecule has 0 radical (unpaired) electrons. The number of nitro groups is 1. The molecule has 0 saturated heterocycles. The topological polar surface area (TPSA) is 108 Å². The van der Waals surface area contributed by atoms with Gasteiger partial charge in [-0.15, -0.1) is 0 Å². The molecule has 0 fully saturated rings. The Bertz CT molecular complexity index is 635. The van der Waals surface area contributed by atoms with Gasteiger partial charge in [-0.3, -0.25) is 10.1 Å². The van der Waals surface area contributed by atoms with Crippen LogP contribution in [0.25, 0.3) is 0 Å². The number of carbonyl (C=O) groups is 1. The summed E-state index contributed by atoms with van der Waals surface area (Å²) in [7, 11) is 0. The fourth-order valence-corrected chi connectivity index (χ4v) is 1.48. The van der Waals surface area contributed by atoms with Crippen LogP contribution < -0.4 is 0 Å². The standard InChI is InChI=1S/C12H11N3O5/c1-7(11-13-8(2)14-20-11)19-12(16)9-3-5-10(6-4-9)15(17)18/h3-7H,1-2H3. The van der Waals surface area contributed by atoms with E-state index in [1.165, 1.54) is 24.3 Å². The number of benzene rings is 1. The van der Waals surface area contributed by atoms with Crippen LogP contribution in [0.2, 0.25) is 0 Å². The van der Waals surface area contributed by atoms with Crippen molar-refractivity contribution in [2.75, 3.05) is 0 Å². The fraction of sp³-hybridized carbons (Fsp3) is 0.250. The second-order valence-corrected chi connectivity index (χ2v) is 4.03. The van der Waals surface area contributed by atoms with Gasteiger partial charge in [0.1, 0.15) is 0 Å². The highest BCUT2D eigenvalue weighted by atomic mass is 16.6. The maximum atomic E-state index is 11.8. The largest absolute Gasteiger partial charge is 0.449 e. The van der Waals surface area contributed by atoms with Crippen LogP contribution in [0.1, 0.15) is 35.1 Å². The number of ether oxygens (including phenoxy) is 1. The summed E-state index contributed by atoms with van der Waals surface area (Å²) in [6.07, 6.45) is -0.695. The highest BCUT2D eigenvalue weighted by molar-refractivity contribution is 5.89. The van der Waals surface area contributed by atoms with E-state index in [4.69, 9.17) is 9.26 Å². The Labute approximate surface area is 113 Å². The molecule has 0 N–H and O–H groups in total. The second kappa shape index (κ2) is 5.47. The Hall–Kier alpha value is -2.77. The van der Waals surface area contributed by atoms with Crippen LogP contribution in [0.3, 0.4) is 0 Å². The minimum atomic E-state index is -0.695. The summed E-state index contributed by atoms with van der Waals surface area (Å²) in [5, 5.41) is 14.1. The Balaban J connectivity index is 2.06. The van der Waals surface area contributed by atoms with Crippen molar-refractivity contribution in [2.45, 2.75) is 20.0 Å². The van der Waals surface area contributed by atoms with Gasteiger partial charge in [0.05, 0.1) is 10.5 Å². The van der Waals surface area contributed by atoms with Gasteiger partial charge in [-0.05, 0) is 26.0 Å². The third kappa shape index (κ3) is 2.97. The molecule has 2 rings (SSSR count). The lowest BCUT2D eigenvalue weighted by atomic mass is 10.2. The molecule has 1 aromatic heterocycles. The average molecular weight is 277 g/mol. The molecule has 0 saturated carbocycles. The first-order chi connectivity index (χ1) is 9.47. The molecule has 0 aliphatic heterocycles. The predicted molar refractivity (Wildman–Crippen MR) is 66.0 cm³/mol. The maximum Gasteiger partial charge on any atom is 0.338 e. The molecular weight excluding hydrogens is 266 g/mol. The van der Waals surface area contributed by atoms with Gasteiger partial charge in [-0.1, -0.05) is 5.16 Å². The van der Waals surface area contributed by atoms with E-state index in [2.05, 4.69) is 10.1 Å². The zero-order chi connectivity index (χ0) is 14.7. The van der Waals surface area contributed by atoms with Crippen LogP contribution in [-0.2, 0) is 4.74 Å². The van der Waals surface area contributed by atoms with Crippen LogP contribution >= 0.6 is 0 Å². The zero-order valence-corrected chi connectivity index (χ0v) is 10.8. The first-order valence-corrected chi connectivity index (χ1v) is 5.73. The van der Waals surface area contributed by atoms with E-state index in [9.17, 15) is 14.9 Å². The third-order valence-electron chi connectivity index (χ3n) is 2.49. The van der Waals surface area contributed by atoms with E-state index in [-0.39, 0.29) is 17.1 Å². The summed E-state index contributed by atoms with van der Waals surface area (Å²) in [6.45, 7) is 3.24. The number of aromatic nitrogens is 2. The third-order valence-corrected chi connectivity index (χ3v) is 2.49. The molecule has 20 heavy (non-hydrogen) atoms. The molecule has 1 heterocycles. The van der Waals surface area contributed by atoms with Crippen molar-refractivity contribution in [3.63, 3.8) is 0 Å². The first-order valence-electron chi connectivity index (χ1n) is 5.73. The van der Waals surface area contributed by atoms with Gasteiger partial charge >= 0.3 is 5.97 Å². The van der Waals surface area contributed by atoms with Gasteiger partial charge in [0, 0.05) is 12.1 Å². The number of nitrogens with zero attached hydrogens (tertiary/aromatic N) is 3. The molecule has 0 aliphatic rings. The summed E-state index contributed by atoms with van der Waals surface area (Å²) >= 11 is 0. The van der Waals surface area contributed by atoms with Gasteiger partial charge in [-0.25, -0.2) is 4.79 Å². The Morgan fingerprint density at radius 1 is 1.40 bits per heavy atom. The van der Waals surface area contributed by atoms with E-state index < -0.39 is 17.0 Å². The molecule has 1 unspecified atom stereocenters. The molecule has 0 spiro atoms. The van der Waals surface area contributed by atoms with Crippen molar-refractivity contribution in [3.05, 3.63) is 51.7 Å². The van der Waals surface area contributed by atoms with E-state index in [0.717, 1.165) is 0 Å². The fourth-order valence-electron chi connectivity index (χ4n) is 1.48. The van der Waals surface area contributed by atoms with Crippen molar-refractivity contribution < 1.29 is 19.0 Å². The number of hydrogen-bond acceptors (Lipinski definition) is 7. The number of aryl methyl sites for hydroxylation is 1. The molecule has 1 atom stereocenters. The molecule has 0 aliphatic carbocycles. The second-order valence-electron chi connectivity index (χ2n) is 4.03. The molecular formula is C12H11N3O5. The normalized spacial score (nSPS) is 11.9. The van der Waals surface area contributed by atoms with E-state index in [0.29, 0.717) is 5.82 Å². The number of nitro benzene ring substituents is 1. The Kier molecular flexibility index (Phi) is 3.74. The number of non-ortho nitro benzene ring substituents is 1. The van der Waals surface area contributed by atoms with Crippen molar-refractivity contribution in [1.82, 2.24) is 10.1 Å². The van der Waals surface area contributed by atoms with Gasteiger partial charge in [0.25, 0.3) is 11.6 Å². The van der Waals surface area contributed by atoms with Gasteiger partial charge in [0.2, 0.25) is 0 Å². The van der Waals surface area contributed by atoms with Crippen molar-refractivity contribution in [1.29, 1.82) is 0 Å². The zero-order valence-electron chi connectivity index (χ0n) is 10.8. The Morgan fingerprint density at radius 3 is 2.55 bits per heavy atom. The molecule has 8 heteroatoms. The lowest BCUT2D eigenvalue weighted by Gasteiger charge is -2.08.